The third-order valence-electron chi connectivity index (χ3n) is 3.88. The normalized spacial score (nSPS) is 10.9. The molecule has 2 heterocycles. The summed E-state index contributed by atoms with van der Waals surface area (Å²) in [4.78, 5) is 14.2. The summed E-state index contributed by atoms with van der Waals surface area (Å²) in [6.45, 7) is 0.208. The van der Waals surface area contributed by atoms with Crippen LogP contribution in [0.2, 0.25) is 0 Å². The third-order valence-corrected chi connectivity index (χ3v) is 3.88. The minimum absolute atomic E-state index is 0.208. The number of carbonyl (C=O) groups excluding carboxylic acids is 1. The number of fused-ring (bicyclic) bond motifs is 1. The van der Waals surface area contributed by atoms with Gasteiger partial charge in [-0.05, 0) is 18.2 Å². The second-order valence-corrected chi connectivity index (χ2v) is 5.65. The zero-order valence-electron chi connectivity index (χ0n) is 13.5. The van der Waals surface area contributed by atoms with Crippen molar-refractivity contribution >= 4 is 16.8 Å². The van der Waals surface area contributed by atoms with Crippen molar-refractivity contribution in [2.24, 2.45) is 0 Å². The fraction of sp³-hybridized carbons (Fsp3) is 0.111. The predicted octanol–water partition coefficient (Wildman–Crippen LogP) is 2.89. The molecule has 0 spiro atoms. The van der Waals surface area contributed by atoms with Gasteiger partial charge in [-0.3, -0.25) is 9.89 Å². The van der Waals surface area contributed by atoms with Crippen LogP contribution in [0.1, 0.15) is 16.4 Å². The molecule has 0 atom stereocenters. The molecule has 0 saturated heterocycles. The molecule has 1 amide bonds. The summed E-state index contributed by atoms with van der Waals surface area (Å²) < 4.78 is 5.65. The van der Waals surface area contributed by atoms with Crippen LogP contribution < -0.4 is 0 Å². The maximum Gasteiger partial charge on any atom is 0.275 e. The minimum Gasteiger partial charge on any atom is -0.419 e. The largest absolute Gasteiger partial charge is 0.419 e. The first-order chi connectivity index (χ1) is 12.2. The zero-order chi connectivity index (χ0) is 17.2. The predicted molar refractivity (Wildman–Crippen MR) is 91.6 cm³/mol. The maximum absolute atomic E-state index is 12.7. The first kappa shape index (κ1) is 15.1. The molecule has 0 bridgehead atoms. The van der Waals surface area contributed by atoms with Gasteiger partial charge in [0.05, 0.1) is 12.1 Å². The number of nitrogens with zero attached hydrogens (tertiary/aromatic N) is 4. The Hall–Kier alpha value is -3.48. The number of nitrogens with one attached hydrogen (secondary N) is 1. The standard InChI is InChI=1S/C18H15N5O2/c1-23(18(24)16-13-9-5-6-10-14(13)19-21-16)11-15-20-22-17(25-15)12-7-3-2-4-8-12/h2-10H,11H2,1H3,(H,19,21). The lowest BCUT2D eigenvalue weighted by Gasteiger charge is -2.13. The molecule has 2 aromatic heterocycles. The summed E-state index contributed by atoms with van der Waals surface area (Å²) in [5.41, 5.74) is 2.04. The first-order valence-corrected chi connectivity index (χ1v) is 7.79. The quantitative estimate of drug-likeness (QED) is 0.620. The molecule has 0 unspecified atom stereocenters. The molecule has 2 aromatic carbocycles. The number of para-hydroxylation sites is 1. The van der Waals surface area contributed by atoms with E-state index < -0.39 is 0 Å². The smallest absolute Gasteiger partial charge is 0.275 e. The van der Waals surface area contributed by atoms with Gasteiger partial charge in [0.25, 0.3) is 5.91 Å². The van der Waals surface area contributed by atoms with Crippen molar-refractivity contribution in [3.63, 3.8) is 0 Å². The Balaban J connectivity index is 1.53. The summed E-state index contributed by atoms with van der Waals surface area (Å²) in [6.07, 6.45) is 0. The first-order valence-electron chi connectivity index (χ1n) is 7.79. The fourth-order valence-corrected chi connectivity index (χ4v) is 2.60. The SMILES string of the molecule is CN(Cc1nnc(-c2ccccc2)o1)C(=O)c1n[nH]c2ccccc12. The van der Waals surface area contributed by atoms with Crippen LogP contribution in [0.25, 0.3) is 22.4 Å². The van der Waals surface area contributed by atoms with Crippen molar-refractivity contribution in [2.75, 3.05) is 7.05 Å². The van der Waals surface area contributed by atoms with Gasteiger partial charge in [-0.1, -0.05) is 36.4 Å². The van der Waals surface area contributed by atoms with Gasteiger partial charge in [-0.25, -0.2) is 0 Å². The number of amides is 1. The highest BCUT2D eigenvalue weighted by atomic mass is 16.4. The minimum atomic E-state index is -0.211. The van der Waals surface area contributed by atoms with E-state index in [0.29, 0.717) is 17.5 Å². The summed E-state index contributed by atoms with van der Waals surface area (Å²) in [5, 5.41) is 15.8. The number of benzene rings is 2. The Kier molecular flexibility index (Phi) is 3.74. The van der Waals surface area contributed by atoms with E-state index >= 15 is 0 Å². The molecule has 25 heavy (non-hydrogen) atoms. The van der Waals surface area contributed by atoms with Gasteiger partial charge < -0.3 is 9.32 Å². The van der Waals surface area contributed by atoms with Gasteiger partial charge in [0, 0.05) is 18.0 Å². The Labute approximate surface area is 143 Å². The van der Waals surface area contributed by atoms with E-state index in [1.54, 1.807) is 7.05 Å². The van der Waals surface area contributed by atoms with Gasteiger partial charge in [0.2, 0.25) is 11.8 Å². The number of hydrogen-bond donors (Lipinski definition) is 1. The summed E-state index contributed by atoms with van der Waals surface area (Å²) in [7, 11) is 1.68. The van der Waals surface area contributed by atoms with Crippen LogP contribution >= 0.6 is 0 Å². The molecule has 7 nitrogen and oxygen atoms in total. The van der Waals surface area contributed by atoms with Crippen LogP contribution in [0.5, 0.6) is 0 Å². The van der Waals surface area contributed by atoms with Crippen molar-refractivity contribution in [3.8, 4) is 11.5 Å². The maximum atomic E-state index is 12.7. The van der Waals surface area contributed by atoms with E-state index in [0.717, 1.165) is 16.5 Å². The summed E-state index contributed by atoms with van der Waals surface area (Å²) in [6, 6.07) is 17.0. The van der Waals surface area contributed by atoms with Gasteiger partial charge in [-0.15, -0.1) is 10.2 Å². The molecular formula is C18H15N5O2. The number of H-pyrrole nitrogens is 1. The highest BCUT2D eigenvalue weighted by Gasteiger charge is 2.20. The molecular weight excluding hydrogens is 318 g/mol. The number of rotatable bonds is 4. The van der Waals surface area contributed by atoms with Crippen LogP contribution in [-0.4, -0.2) is 38.2 Å². The monoisotopic (exact) mass is 333 g/mol. The Morgan fingerprint density at radius 3 is 2.68 bits per heavy atom. The second-order valence-electron chi connectivity index (χ2n) is 5.65. The van der Waals surface area contributed by atoms with E-state index in [2.05, 4.69) is 20.4 Å². The second kappa shape index (κ2) is 6.20. The van der Waals surface area contributed by atoms with E-state index in [-0.39, 0.29) is 12.5 Å². The Morgan fingerprint density at radius 2 is 1.84 bits per heavy atom. The van der Waals surface area contributed by atoms with Gasteiger partial charge >= 0.3 is 0 Å². The number of carbonyl (C=O) groups is 1. The molecule has 0 aliphatic carbocycles. The molecule has 4 aromatic rings. The lowest BCUT2D eigenvalue weighted by atomic mass is 10.2. The third kappa shape index (κ3) is 2.87. The van der Waals surface area contributed by atoms with Gasteiger partial charge in [0.15, 0.2) is 5.69 Å². The van der Waals surface area contributed by atoms with Crippen LogP contribution in [0, 0.1) is 0 Å². The van der Waals surface area contributed by atoms with Crippen LogP contribution in [0.4, 0.5) is 0 Å². The van der Waals surface area contributed by atoms with Crippen molar-refractivity contribution in [1.29, 1.82) is 0 Å². The van der Waals surface area contributed by atoms with E-state index in [4.69, 9.17) is 4.42 Å². The lowest BCUT2D eigenvalue weighted by molar-refractivity contribution is 0.0769. The summed E-state index contributed by atoms with van der Waals surface area (Å²) >= 11 is 0. The number of aromatic nitrogens is 4. The summed E-state index contributed by atoms with van der Waals surface area (Å²) in [5.74, 6) is 0.591. The Bertz CT molecular complexity index is 1020. The van der Waals surface area contributed by atoms with E-state index in [1.807, 2.05) is 54.6 Å². The van der Waals surface area contributed by atoms with Gasteiger partial charge in [0.1, 0.15) is 0 Å². The molecule has 7 heteroatoms. The fourth-order valence-electron chi connectivity index (χ4n) is 2.60. The van der Waals surface area contributed by atoms with Crippen molar-refractivity contribution < 1.29 is 9.21 Å². The highest BCUT2D eigenvalue weighted by Crippen LogP contribution is 2.19. The van der Waals surface area contributed by atoms with E-state index in [9.17, 15) is 4.79 Å². The van der Waals surface area contributed by atoms with Crippen molar-refractivity contribution in [3.05, 3.63) is 66.2 Å². The van der Waals surface area contributed by atoms with Crippen molar-refractivity contribution in [2.45, 2.75) is 6.54 Å². The van der Waals surface area contributed by atoms with Crippen LogP contribution in [-0.2, 0) is 6.54 Å². The van der Waals surface area contributed by atoms with Crippen LogP contribution in [0.15, 0.2) is 59.0 Å². The molecule has 4 rings (SSSR count). The molecule has 0 aliphatic heterocycles. The average Bonchev–Trinajstić information content (AvgIpc) is 3.29. The van der Waals surface area contributed by atoms with Crippen LogP contribution in [0.3, 0.4) is 0 Å². The molecule has 0 saturated carbocycles. The average molecular weight is 333 g/mol. The van der Waals surface area contributed by atoms with Crippen molar-refractivity contribution in [1.82, 2.24) is 25.3 Å². The Morgan fingerprint density at radius 1 is 1.08 bits per heavy atom. The van der Waals surface area contributed by atoms with E-state index in [1.165, 1.54) is 4.90 Å². The molecule has 0 fully saturated rings. The highest BCUT2D eigenvalue weighted by molar-refractivity contribution is 6.04. The number of aromatic amines is 1. The lowest BCUT2D eigenvalue weighted by Crippen LogP contribution is -2.26. The number of hydrogen-bond acceptors (Lipinski definition) is 5. The zero-order valence-corrected chi connectivity index (χ0v) is 13.5. The molecule has 0 aliphatic rings. The topological polar surface area (TPSA) is 87.9 Å². The van der Waals surface area contributed by atoms with Gasteiger partial charge in [-0.2, -0.15) is 5.10 Å². The molecule has 0 radical (unpaired) electrons. The molecule has 1 N–H and O–H groups in total. The molecule has 124 valence electrons.